The van der Waals surface area contributed by atoms with Crippen molar-refractivity contribution in [2.24, 2.45) is 0 Å². The molecule has 0 saturated carbocycles. The molecule has 0 spiro atoms. The molecule has 1 unspecified atom stereocenters. The predicted octanol–water partition coefficient (Wildman–Crippen LogP) is 5.68. The molecule has 9 heteroatoms. The Morgan fingerprint density at radius 3 is 2.42 bits per heavy atom. The lowest BCUT2D eigenvalue weighted by molar-refractivity contribution is -0.132. The molecule has 1 heterocycles. The summed E-state index contributed by atoms with van der Waals surface area (Å²) in [6.07, 6.45) is 1.35. The quantitative estimate of drug-likeness (QED) is 0.302. The van der Waals surface area contributed by atoms with Crippen molar-refractivity contribution >= 4 is 29.0 Å². The van der Waals surface area contributed by atoms with Crippen LogP contribution in [0.1, 0.15) is 30.7 Å². The van der Waals surface area contributed by atoms with Gasteiger partial charge in [-0.25, -0.2) is 4.79 Å². The Morgan fingerprint density at radius 2 is 1.76 bits per heavy atom. The molecular formula is C29H37N3O5S. The number of ether oxygens (including phenoxy) is 3. The highest BCUT2D eigenvalue weighted by Crippen LogP contribution is 2.28. The van der Waals surface area contributed by atoms with E-state index in [0.717, 1.165) is 16.9 Å². The Labute approximate surface area is 229 Å². The molecule has 0 aliphatic rings. The average Bonchev–Trinajstić information content (AvgIpc) is 3.46. The van der Waals surface area contributed by atoms with Crippen LogP contribution in [0.15, 0.2) is 60.0 Å². The standard InChI is InChI=1S/C29H37N3O5S/c1-6-21(2)32(29(34)30-23-9-7-10-24(18-23)35-3)20-28(33)31(19-25-11-8-16-38-25)15-14-22-12-13-26(36-4)27(17-22)37-5/h7-13,16-18,21H,6,14-15,19-20H2,1-5H3,(H,30,34). The van der Waals surface area contributed by atoms with Crippen molar-refractivity contribution in [3.8, 4) is 17.2 Å². The fourth-order valence-corrected chi connectivity index (χ4v) is 4.69. The predicted molar refractivity (Wildman–Crippen MR) is 151 cm³/mol. The second-order valence-electron chi connectivity index (χ2n) is 8.88. The first-order valence-electron chi connectivity index (χ1n) is 12.6. The molecule has 3 aromatic rings. The van der Waals surface area contributed by atoms with E-state index in [1.54, 1.807) is 49.7 Å². The SMILES string of the molecule is CCC(C)N(CC(=O)N(CCc1ccc(OC)c(OC)c1)Cc1cccs1)C(=O)Nc1cccc(OC)c1. The number of amides is 3. The summed E-state index contributed by atoms with van der Waals surface area (Å²) in [7, 11) is 4.79. The number of urea groups is 1. The highest BCUT2D eigenvalue weighted by molar-refractivity contribution is 7.09. The lowest BCUT2D eigenvalue weighted by Gasteiger charge is -2.31. The van der Waals surface area contributed by atoms with E-state index >= 15 is 0 Å². The molecule has 0 aliphatic heterocycles. The van der Waals surface area contributed by atoms with Gasteiger partial charge in [-0.1, -0.05) is 25.1 Å². The van der Waals surface area contributed by atoms with Crippen LogP contribution in [0.5, 0.6) is 17.2 Å². The number of nitrogens with one attached hydrogen (secondary N) is 1. The largest absolute Gasteiger partial charge is 0.497 e. The van der Waals surface area contributed by atoms with Crippen LogP contribution in [0.3, 0.4) is 0 Å². The minimum absolute atomic E-state index is 0.0257. The van der Waals surface area contributed by atoms with Crippen molar-refractivity contribution in [1.29, 1.82) is 0 Å². The van der Waals surface area contributed by atoms with Gasteiger partial charge in [-0.05, 0) is 61.0 Å². The number of thiophene rings is 1. The van der Waals surface area contributed by atoms with Gasteiger partial charge in [-0.2, -0.15) is 0 Å². The minimum atomic E-state index is -0.322. The molecule has 1 aromatic heterocycles. The summed E-state index contributed by atoms with van der Waals surface area (Å²) in [6.45, 7) is 4.91. The summed E-state index contributed by atoms with van der Waals surface area (Å²) in [6, 6.07) is 16.5. The van der Waals surface area contributed by atoms with Gasteiger partial charge in [-0.3, -0.25) is 4.79 Å². The van der Waals surface area contributed by atoms with Gasteiger partial charge in [0.2, 0.25) is 5.91 Å². The van der Waals surface area contributed by atoms with Crippen molar-refractivity contribution < 1.29 is 23.8 Å². The normalized spacial score (nSPS) is 11.4. The zero-order chi connectivity index (χ0) is 27.5. The molecule has 3 rings (SSSR count). The molecule has 1 N–H and O–H groups in total. The van der Waals surface area contributed by atoms with E-state index in [1.165, 1.54) is 0 Å². The van der Waals surface area contributed by atoms with Crippen LogP contribution in [0.4, 0.5) is 10.5 Å². The first kappa shape index (κ1) is 28.8. The summed E-state index contributed by atoms with van der Waals surface area (Å²) < 4.78 is 16.0. The number of methoxy groups -OCH3 is 3. The fraction of sp³-hybridized carbons (Fsp3) is 0.379. The van der Waals surface area contributed by atoms with Crippen LogP contribution in [-0.2, 0) is 17.8 Å². The van der Waals surface area contributed by atoms with Crippen LogP contribution in [0.25, 0.3) is 0 Å². The number of hydrogen-bond acceptors (Lipinski definition) is 6. The number of carbonyl (C=O) groups excluding carboxylic acids is 2. The second-order valence-corrected chi connectivity index (χ2v) is 9.91. The summed E-state index contributed by atoms with van der Waals surface area (Å²) in [5.74, 6) is 1.85. The number of benzene rings is 2. The van der Waals surface area contributed by atoms with Gasteiger partial charge in [-0.15, -0.1) is 11.3 Å². The maximum atomic E-state index is 13.6. The molecule has 204 valence electrons. The van der Waals surface area contributed by atoms with E-state index in [0.29, 0.717) is 42.4 Å². The Hall–Kier alpha value is -3.72. The first-order valence-corrected chi connectivity index (χ1v) is 13.5. The van der Waals surface area contributed by atoms with Crippen LogP contribution < -0.4 is 19.5 Å². The lowest BCUT2D eigenvalue weighted by Crippen LogP contribution is -2.48. The van der Waals surface area contributed by atoms with Gasteiger partial charge >= 0.3 is 6.03 Å². The van der Waals surface area contributed by atoms with Gasteiger partial charge in [0, 0.05) is 29.2 Å². The smallest absolute Gasteiger partial charge is 0.322 e. The third-order valence-electron chi connectivity index (χ3n) is 6.41. The van der Waals surface area contributed by atoms with Crippen LogP contribution >= 0.6 is 11.3 Å². The van der Waals surface area contributed by atoms with Crippen molar-refractivity contribution in [2.45, 2.75) is 39.3 Å². The number of nitrogens with zero attached hydrogens (tertiary/aromatic N) is 2. The average molecular weight is 540 g/mol. The molecule has 0 radical (unpaired) electrons. The van der Waals surface area contributed by atoms with Gasteiger partial charge in [0.05, 0.1) is 27.9 Å². The second kappa shape index (κ2) is 14.3. The van der Waals surface area contributed by atoms with E-state index in [1.807, 2.05) is 66.6 Å². The topological polar surface area (TPSA) is 80.3 Å². The highest BCUT2D eigenvalue weighted by Gasteiger charge is 2.25. The molecule has 38 heavy (non-hydrogen) atoms. The molecule has 2 aromatic carbocycles. The number of rotatable bonds is 13. The summed E-state index contributed by atoms with van der Waals surface area (Å²) in [4.78, 5) is 31.4. The first-order chi connectivity index (χ1) is 18.4. The molecule has 0 bridgehead atoms. The zero-order valence-electron chi connectivity index (χ0n) is 22.7. The lowest BCUT2D eigenvalue weighted by atomic mass is 10.1. The monoisotopic (exact) mass is 539 g/mol. The fourth-order valence-electron chi connectivity index (χ4n) is 3.97. The van der Waals surface area contributed by atoms with Gasteiger partial charge in [0.15, 0.2) is 11.5 Å². The molecule has 0 fully saturated rings. The van der Waals surface area contributed by atoms with E-state index < -0.39 is 0 Å². The minimum Gasteiger partial charge on any atom is -0.497 e. The van der Waals surface area contributed by atoms with Crippen molar-refractivity contribution in [3.63, 3.8) is 0 Å². The van der Waals surface area contributed by atoms with Crippen LogP contribution in [0.2, 0.25) is 0 Å². The molecule has 3 amide bonds. The van der Waals surface area contributed by atoms with E-state index in [4.69, 9.17) is 14.2 Å². The molecule has 8 nitrogen and oxygen atoms in total. The van der Waals surface area contributed by atoms with Crippen LogP contribution in [-0.4, -0.2) is 62.2 Å². The van der Waals surface area contributed by atoms with Crippen molar-refractivity contribution in [1.82, 2.24) is 9.80 Å². The Bertz CT molecular complexity index is 1180. The summed E-state index contributed by atoms with van der Waals surface area (Å²) in [5, 5.41) is 4.92. The van der Waals surface area contributed by atoms with E-state index in [2.05, 4.69) is 5.32 Å². The van der Waals surface area contributed by atoms with Crippen LogP contribution in [0, 0.1) is 0 Å². The van der Waals surface area contributed by atoms with E-state index in [-0.39, 0.29) is 24.5 Å². The number of hydrogen-bond donors (Lipinski definition) is 1. The number of carbonyl (C=O) groups is 2. The van der Waals surface area contributed by atoms with Crippen molar-refractivity contribution in [3.05, 3.63) is 70.4 Å². The van der Waals surface area contributed by atoms with Crippen molar-refractivity contribution in [2.75, 3.05) is 39.7 Å². The molecular weight excluding hydrogens is 502 g/mol. The highest BCUT2D eigenvalue weighted by atomic mass is 32.1. The third-order valence-corrected chi connectivity index (χ3v) is 7.27. The van der Waals surface area contributed by atoms with Gasteiger partial charge < -0.3 is 29.3 Å². The Morgan fingerprint density at radius 1 is 0.974 bits per heavy atom. The zero-order valence-corrected chi connectivity index (χ0v) is 23.5. The van der Waals surface area contributed by atoms with Gasteiger partial charge in [0.25, 0.3) is 0 Å². The number of anilines is 1. The van der Waals surface area contributed by atoms with E-state index in [9.17, 15) is 9.59 Å². The molecule has 1 atom stereocenters. The maximum Gasteiger partial charge on any atom is 0.322 e. The molecule has 0 saturated heterocycles. The maximum absolute atomic E-state index is 13.6. The Balaban J connectivity index is 1.76. The Kier molecular flexibility index (Phi) is 10.8. The summed E-state index contributed by atoms with van der Waals surface area (Å²) in [5.41, 5.74) is 1.64. The summed E-state index contributed by atoms with van der Waals surface area (Å²) >= 11 is 1.61. The molecule has 0 aliphatic carbocycles. The van der Waals surface area contributed by atoms with Gasteiger partial charge in [0.1, 0.15) is 12.3 Å². The third kappa shape index (κ3) is 7.89.